The predicted octanol–water partition coefficient (Wildman–Crippen LogP) is 2.36. The second-order valence-electron chi connectivity index (χ2n) is 19.4. The fourth-order valence-electron chi connectivity index (χ4n) is 12.2. The number of hydrogen-bond donors (Lipinski definition) is 8. The van der Waals surface area contributed by atoms with E-state index in [0.29, 0.717) is 41.5 Å². The summed E-state index contributed by atoms with van der Waals surface area (Å²) in [5.41, 5.74) is 13.3. The number of fused-ring (bicyclic) bond motifs is 3. The second kappa shape index (κ2) is 16.1. The molecule has 4 saturated heterocycles. The van der Waals surface area contributed by atoms with Crippen molar-refractivity contribution in [2.75, 3.05) is 57.5 Å². The zero-order chi connectivity index (χ0) is 39.5. The lowest BCUT2D eigenvalue weighted by Gasteiger charge is -2.45. The van der Waals surface area contributed by atoms with Crippen LogP contribution in [0.15, 0.2) is 36.4 Å². The number of para-hydroxylation sites is 2. The third-order valence-corrected chi connectivity index (χ3v) is 15.2. The molecule has 0 aromatic heterocycles. The van der Waals surface area contributed by atoms with Crippen LogP contribution in [0.2, 0.25) is 0 Å². The summed E-state index contributed by atoms with van der Waals surface area (Å²) in [6.07, 6.45) is 7.24. The van der Waals surface area contributed by atoms with Crippen molar-refractivity contribution < 1.29 is 9.59 Å². The number of nitrogens with zero attached hydrogens (tertiary/aromatic N) is 2. The van der Waals surface area contributed by atoms with Crippen molar-refractivity contribution >= 4 is 23.2 Å². The highest BCUT2D eigenvalue weighted by Gasteiger charge is 2.57. The molecule has 2 aromatic rings. The second-order valence-corrected chi connectivity index (χ2v) is 19.4. The maximum Gasteiger partial charge on any atom is 0.243 e. The van der Waals surface area contributed by atoms with Gasteiger partial charge in [-0.05, 0) is 131 Å². The summed E-state index contributed by atoms with van der Waals surface area (Å²) in [6, 6.07) is 12.9. The summed E-state index contributed by atoms with van der Waals surface area (Å²) < 4.78 is 0. The van der Waals surface area contributed by atoms with Gasteiger partial charge in [-0.15, -0.1) is 0 Å². The van der Waals surface area contributed by atoms with Gasteiger partial charge in [0.25, 0.3) is 0 Å². The van der Waals surface area contributed by atoms with Gasteiger partial charge in [0.05, 0.1) is 12.3 Å². The van der Waals surface area contributed by atoms with Gasteiger partial charge in [0.2, 0.25) is 11.8 Å². The predicted molar refractivity (Wildman–Crippen MR) is 227 cm³/mol. The van der Waals surface area contributed by atoms with Crippen LogP contribution in [0.3, 0.4) is 0 Å². The van der Waals surface area contributed by atoms with E-state index in [0.717, 1.165) is 82.6 Å². The Morgan fingerprint density at radius 1 is 0.842 bits per heavy atom. The highest BCUT2D eigenvalue weighted by atomic mass is 16.2. The first-order valence-electron chi connectivity index (χ1n) is 22.2. The third-order valence-electron chi connectivity index (χ3n) is 15.2. The molecule has 0 radical (unpaired) electrons. The van der Waals surface area contributed by atoms with Crippen molar-refractivity contribution in [3.05, 3.63) is 58.7 Å². The van der Waals surface area contributed by atoms with E-state index in [1.807, 2.05) is 0 Å². The molecular weight excluding hydrogens is 713 g/mol. The smallest absolute Gasteiger partial charge is 0.243 e. The van der Waals surface area contributed by atoms with Crippen LogP contribution in [-0.2, 0) is 22.4 Å². The van der Waals surface area contributed by atoms with E-state index in [4.69, 9.17) is 5.73 Å². The Morgan fingerprint density at radius 3 is 2.16 bits per heavy atom. The summed E-state index contributed by atoms with van der Waals surface area (Å²) >= 11 is 0. The van der Waals surface area contributed by atoms with Gasteiger partial charge in [-0.3, -0.25) is 19.8 Å². The molecule has 9 rings (SSSR count). The largest absolute Gasteiger partial charge is 0.373 e. The Kier molecular flexibility index (Phi) is 11.1. The van der Waals surface area contributed by atoms with Gasteiger partial charge in [0.15, 0.2) is 0 Å². The molecule has 5 fully saturated rings. The number of hydrogen-bond acceptors (Lipinski definition) is 10. The van der Waals surface area contributed by atoms with Gasteiger partial charge in [-0.1, -0.05) is 43.3 Å². The van der Waals surface area contributed by atoms with Crippen LogP contribution in [-0.4, -0.2) is 117 Å². The first-order valence-corrected chi connectivity index (χ1v) is 22.2. The van der Waals surface area contributed by atoms with Crippen molar-refractivity contribution in [3.63, 3.8) is 0 Å². The van der Waals surface area contributed by atoms with E-state index in [2.05, 4.69) is 118 Å². The molecule has 57 heavy (non-hydrogen) atoms. The number of amides is 2. The van der Waals surface area contributed by atoms with E-state index < -0.39 is 0 Å². The lowest BCUT2D eigenvalue weighted by atomic mass is 9.73. The van der Waals surface area contributed by atoms with Crippen molar-refractivity contribution in [2.45, 2.75) is 114 Å². The molecular formula is C45H68N10O2. The van der Waals surface area contributed by atoms with Crippen LogP contribution < -0.4 is 43.0 Å². The van der Waals surface area contributed by atoms with Crippen molar-refractivity contribution in [2.24, 2.45) is 41.2 Å². The average Bonchev–Trinajstić information content (AvgIpc) is 3.46. The molecule has 0 bridgehead atoms. The fraction of sp³-hybridized carbons (Fsp3) is 0.689. The molecule has 6 heterocycles. The minimum atomic E-state index is -0.267. The van der Waals surface area contributed by atoms with E-state index in [-0.39, 0.29) is 54.4 Å². The van der Waals surface area contributed by atoms with Crippen LogP contribution in [0.1, 0.15) is 61.3 Å². The molecule has 2 aromatic carbocycles. The van der Waals surface area contributed by atoms with Gasteiger partial charge < -0.3 is 42.5 Å². The van der Waals surface area contributed by atoms with Gasteiger partial charge in [-0.25, -0.2) is 0 Å². The topological polar surface area (TPSA) is 151 Å². The molecule has 2 amide bonds. The van der Waals surface area contributed by atoms with Crippen molar-refractivity contribution in [1.29, 1.82) is 0 Å². The Morgan fingerprint density at radius 2 is 1.53 bits per heavy atom. The number of likely N-dealkylation sites (N-methyl/N-ethyl adjacent to an activating group) is 1. The number of rotatable bonds is 10. The summed E-state index contributed by atoms with van der Waals surface area (Å²) in [5.74, 6) is 3.08. The molecule has 7 aliphatic rings. The molecule has 12 nitrogen and oxygen atoms in total. The fourth-order valence-corrected chi connectivity index (χ4v) is 12.2. The molecule has 6 aliphatic heterocycles. The number of nitrogens with one attached hydrogen (secondary N) is 7. The summed E-state index contributed by atoms with van der Waals surface area (Å²) in [4.78, 5) is 33.3. The van der Waals surface area contributed by atoms with Gasteiger partial charge >= 0.3 is 0 Å². The van der Waals surface area contributed by atoms with E-state index in [1.54, 1.807) is 0 Å². The van der Waals surface area contributed by atoms with Crippen LogP contribution in [0.25, 0.3) is 0 Å². The maximum absolute atomic E-state index is 14.4. The Hall–Kier alpha value is -3.26. The van der Waals surface area contributed by atoms with E-state index >= 15 is 0 Å². The van der Waals surface area contributed by atoms with E-state index in [1.165, 1.54) is 28.7 Å². The van der Waals surface area contributed by atoms with Crippen LogP contribution >= 0.6 is 0 Å². The molecule has 14 unspecified atom stereocenters. The highest BCUT2D eigenvalue weighted by molar-refractivity contribution is 5.89. The summed E-state index contributed by atoms with van der Waals surface area (Å²) in [7, 11) is 4.32. The molecule has 1 saturated carbocycles. The summed E-state index contributed by atoms with van der Waals surface area (Å²) in [6.45, 7) is 11.4. The molecule has 9 N–H and O–H groups in total. The van der Waals surface area contributed by atoms with Gasteiger partial charge in [0, 0.05) is 68.0 Å². The minimum Gasteiger partial charge on any atom is -0.373 e. The van der Waals surface area contributed by atoms with Gasteiger partial charge in [0.1, 0.15) is 12.1 Å². The molecule has 1 aliphatic carbocycles. The summed E-state index contributed by atoms with van der Waals surface area (Å²) in [5, 5.41) is 26.0. The lowest BCUT2D eigenvalue weighted by molar-refractivity contribution is -0.124. The van der Waals surface area contributed by atoms with Crippen molar-refractivity contribution in [3.8, 4) is 0 Å². The average molecular weight is 781 g/mol. The Balaban J connectivity index is 0.931. The van der Waals surface area contributed by atoms with E-state index in [9.17, 15) is 9.59 Å². The maximum atomic E-state index is 14.4. The zero-order valence-corrected chi connectivity index (χ0v) is 34.8. The van der Waals surface area contributed by atoms with Crippen molar-refractivity contribution in [1.82, 2.24) is 36.4 Å². The minimum absolute atomic E-state index is 0.0368. The molecule has 310 valence electrons. The highest BCUT2D eigenvalue weighted by Crippen LogP contribution is 2.53. The Labute approximate surface area is 340 Å². The number of carbonyl (C=O) groups is 2. The first-order chi connectivity index (χ1) is 27.5. The number of carbonyl (C=O) groups excluding carboxylic acids is 2. The number of benzene rings is 2. The molecule has 14 atom stereocenters. The monoisotopic (exact) mass is 781 g/mol. The SMILES string of the molecule is Cc1cccc2c1NC(C(=O)NC1CC(C3CC3C(NC(=O)C3Cc4cccc(C)c4N3)C3NCC(C4CCC(N)NC4)CC3C)C3NCC(CN(C)C)N3C1)C2. The number of piperidine rings is 3. The standard InChI is InChI=1S/C45H68N10O2/c1-24-8-6-10-27-15-36(51-39(24)27)44(56)50-31-17-35(43-49-21-32(23-54(4)5)55(43)22-31)33-18-34(33)42(53-45(57)37-16-28-11-7-9-25(2)40(28)52-37)41-26(3)14-30(20-48-41)29-12-13-38(46)47-19-29/h6-11,26,29-38,41-43,47-49,51-52H,12-23,46H2,1-5H3,(H,50,56)(H,53,57). The molecule has 0 spiro atoms. The Bertz CT molecular complexity index is 1800. The third kappa shape index (κ3) is 7.94. The quantitative estimate of drug-likeness (QED) is 0.181. The number of anilines is 2. The normalized spacial score (nSPS) is 37.7. The first kappa shape index (κ1) is 39.2. The number of aryl methyl sites for hydroxylation is 2. The van der Waals surface area contributed by atoms with Crippen LogP contribution in [0.5, 0.6) is 0 Å². The van der Waals surface area contributed by atoms with Crippen LogP contribution in [0.4, 0.5) is 11.4 Å². The van der Waals surface area contributed by atoms with Gasteiger partial charge in [-0.2, -0.15) is 0 Å². The lowest BCUT2D eigenvalue weighted by Crippen LogP contribution is -2.62. The number of nitrogens with two attached hydrogens (primary N) is 1. The molecule has 12 heteroatoms. The van der Waals surface area contributed by atoms with Crippen LogP contribution in [0, 0.1) is 49.4 Å². The zero-order valence-electron chi connectivity index (χ0n) is 34.8.